The summed E-state index contributed by atoms with van der Waals surface area (Å²) in [5.74, 6) is 1.30. The number of hydrogen-bond donors (Lipinski definition) is 1. The van der Waals surface area contributed by atoms with Crippen LogP contribution in [0.25, 0.3) is 0 Å². The lowest BCUT2D eigenvalue weighted by Gasteiger charge is -2.26. The SMILES string of the molecule is O=S(=O)(NC[C@H]1COc2ccccc2O1)c1ccccc1Br. The van der Waals surface area contributed by atoms with Crippen molar-refractivity contribution in [3.8, 4) is 11.5 Å². The van der Waals surface area contributed by atoms with Gasteiger partial charge in [-0.1, -0.05) is 24.3 Å². The summed E-state index contributed by atoms with van der Waals surface area (Å²) in [6.45, 7) is 0.438. The molecule has 0 fully saturated rings. The molecule has 7 heteroatoms. The standard InChI is InChI=1S/C15H14BrNO4S/c16-12-5-1-4-8-15(12)22(18,19)17-9-11-10-20-13-6-2-3-7-14(13)21-11/h1-8,11,17H,9-10H2/t11-/m0/s1. The minimum absolute atomic E-state index is 0.137. The zero-order valence-corrected chi connectivity index (χ0v) is 13.9. The van der Waals surface area contributed by atoms with Gasteiger partial charge in [0.25, 0.3) is 0 Å². The van der Waals surface area contributed by atoms with E-state index < -0.39 is 10.0 Å². The smallest absolute Gasteiger partial charge is 0.241 e. The topological polar surface area (TPSA) is 64.6 Å². The molecule has 2 aromatic carbocycles. The summed E-state index contributed by atoms with van der Waals surface area (Å²) in [6.07, 6.45) is -0.368. The summed E-state index contributed by atoms with van der Waals surface area (Å²) in [7, 11) is -3.60. The molecule has 0 aromatic heterocycles. The number of benzene rings is 2. The van der Waals surface area contributed by atoms with E-state index in [9.17, 15) is 8.42 Å². The van der Waals surface area contributed by atoms with Crippen LogP contribution in [0.5, 0.6) is 11.5 Å². The number of sulfonamides is 1. The van der Waals surface area contributed by atoms with E-state index in [4.69, 9.17) is 9.47 Å². The van der Waals surface area contributed by atoms with Crippen molar-refractivity contribution in [2.45, 2.75) is 11.0 Å². The lowest BCUT2D eigenvalue weighted by molar-refractivity contribution is 0.0943. The molecule has 0 bridgehead atoms. The van der Waals surface area contributed by atoms with Crippen LogP contribution in [-0.4, -0.2) is 27.7 Å². The van der Waals surface area contributed by atoms with E-state index in [0.717, 1.165) is 0 Å². The molecular weight excluding hydrogens is 370 g/mol. The summed E-state index contributed by atoms with van der Waals surface area (Å²) >= 11 is 3.24. The van der Waals surface area contributed by atoms with E-state index in [0.29, 0.717) is 22.6 Å². The molecule has 0 unspecified atom stereocenters. The second-order valence-corrected chi connectivity index (χ2v) is 7.37. The van der Waals surface area contributed by atoms with E-state index in [1.165, 1.54) is 0 Å². The number of halogens is 1. The zero-order chi connectivity index (χ0) is 15.6. The Bertz CT molecular complexity index is 779. The van der Waals surface area contributed by atoms with Crippen LogP contribution >= 0.6 is 15.9 Å². The first kappa shape index (κ1) is 15.3. The Morgan fingerprint density at radius 3 is 2.55 bits per heavy atom. The van der Waals surface area contributed by atoms with Gasteiger partial charge in [0.05, 0.1) is 11.4 Å². The number of fused-ring (bicyclic) bond motifs is 1. The molecule has 0 saturated heterocycles. The molecule has 5 nitrogen and oxygen atoms in total. The van der Waals surface area contributed by atoms with Crippen molar-refractivity contribution in [3.05, 3.63) is 53.0 Å². The average Bonchev–Trinajstić information content (AvgIpc) is 2.53. The van der Waals surface area contributed by atoms with Crippen LogP contribution in [0.4, 0.5) is 0 Å². The molecular formula is C15H14BrNO4S. The summed E-state index contributed by atoms with van der Waals surface area (Å²) < 4.78 is 39.0. The van der Waals surface area contributed by atoms with Gasteiger partial charge in [-0.05, 0) is 40.2 Å². The third-order valence-corrected chi connectivity index (χ3v) is 5.63. The molecule has 2 aromatic rings. The number of ether oxygens (including phenoxy) is 2. The summed E-state index contributed by atoms with van der Waals surface area (Å²) in [4.78, 5) is 0.201. The minimum Gasteiger partial charge on any atom is -0.486 e. The molecule has 1 heterocycles. The first-order valence-corrected chi connectivity index (χ1v) is 8.96. The summed E-state index contributed by atoms with van der Waals surface area (Å²) in [6, 6.07) is 14.0. The lowest BCUT2D eigenvalue weighted by atomic mass is 10.2. The Morgan fingerprint density at radius 2 is 1.77 bits per heavy atom. The lowest BCUT2D eigenvalue weighted by Crippen LogP contribution is -2.40. The molecule has 1 aliphatic rings. The third-order valence-electron chi connectivity index (χ3n) is 3.19. The Balaban J connectivity index is 1.67. The van der Waals surface area contributed by atoms with Crippen LogP contribution < -0.4 is 14.2 Å². The van der Waals surface area contributed by atoms with Crippen molar-refractivity contribution in [2.75, 3.05) is 13.2 Å². The highest BCUT2D eigenvalue weighted by Gasteiger charge is 2.24. The number of para-hydroxylation sites is 2. The Hall–Kier alpha value is -1.57. The summed E-state index contributed by atoms with van der Waals surface area (Å²) in [5.41, 5.74) is 0. The van der Waals surface area contributed by atoms with Crippen molar-refractivity contribution < 1.29 is 17.9 Å². The van der Waals surface area contributed by atoms with Gasteiger partial charge in [0.15, 0.2) is 11.5 Å². The van der Waals surface area contributed by atoms with Gasteiger partial charge in [-0.15, -0.1) is 0 Å². The van der Waals surface area contributed by atoms with Gasteiger partial charge >= 0.3 is 0 Å². The number of rotatable bonds is 4. The molecule has 1 atom stereocenters. The van der Waals surface area contributed by atoms with Crippen molar-refractivity contribution in [2.24, 2.45) is 0 Å². The van der Waals surface area contributed by atoms with Crippen molar-refractivity contribution in [1.82, 2.24) is 4.72 Å². The average molecular weight is 384 g/mol. The van der Waals surface area contributed by atoms with E-state index >= 15 is 0 Å². The van der Waals surface area contributed by atoms with Gasteiger partial charge in [-0.25, -0.2) is 13.1 Å². The van der Waals surface area contributed by atoms with E-state index in [2.05, 4.69) is 20.7 Å². The van der Waals surface area contributed by atoms with Gasteiger partial charge in [0.1, 0.15) is 12.7 Å². The third kappa shape index (κ3) is 3.26. The maximum Gasteiger partial charge on any atom is 0.241 e. The number of nitrogens with one attached hydrogen (secondary N) is 1. The Labute approximate surface area is 137 Å². The Kier molecular flexibility index (Phi) is 4.37. The Morgan fingerprint density at radius 1 is 1.09 bits per heavy atom. The van der Waals surface area contributed by atoms with Crippen molar-refractivity contribution in [3.63, 3.8) is 0 Å². The maximum atomic E-state index is 12.3. The largest absolute Gasteiger partial charge is 0.486 e. The van der Waals surface area contributed by atoms with E-state index in [1.807, 2.05) is 18.2 Å². The second kappa shape index (κ2) is 6.28. The molecule has 1 aliphatic heterocycles. The van der Waals surface area contributed by atoms with Crippen LogP contribution in [0.2, 0.25) is 0 Å². The second-order valence-electron chi connectivity index (χ2n) is 4.78. The predicted octanol–water partition coefficient (Wildman–Crippen LogP) is 2.57. The highest BCUT2D eigenvalue weighted by molar-refractivity contribution is 9.10. The minimum atomic E-state index is -3.60. The fourth-order valence-corrected chi connectivity index (χ4v) is 4.17. The fourth-order valence-electron chi connectivity index (χ4n) is 2.11. The van der Waals surface area contributed by atoms with Crippen LogP contribution in [0, 0.1) is 0 Å². The van der Waals surface area contributed by atoms with Gasteiger partial charge in [0.2, 0.25) is 10.0 Å². The van der Waals surface area contributed by atoms with Gasteiger partial charge < -0.3 is 9.47 Å². The van der Waals surface area contributed by atoms with Crippen LogP contribution in [0.3, 0.4) is 0 Å². The van der Waals surface area contributed by atoms with Crippen molar-refractivity contribution >= 4 is 26.0 Å². The van der Waals surface area contributed by atoms with Gasteiger partial charge in [0, 0.05) is 4.47 Å². The van der Waals surface area contributed by atoms with Gasteiger partial charge in [-0.2, -0.15) is 0 Å². The molecule has 1 N–H and O–H groups in total. The molecule has 116 valence electrons. The van der Waals surface area contributed by atoms with Crippen LogP contribution in [0.15, 0.2) is 57.9 Å². The predicted molar refractivity (Wildman–Crippen MR) is 85.7 cm³/mol. The molecule has 0 saturated carbocycles. The summed E-state index contributed by atoms with van der Waals surface area (Å²) in [5, 5.41) is 0. The first-order valence-electron chi connectivity index (χ1n) is 6.69. The van der Waals surface area contributed by atoms with Crippen molar-refractivity contribution in [1.29, 1.82) is 0 Å². The van der Waals surface area contributed by atoms with Crippen LogP contribution in [0.1, 0.15) is 0 Å². The highest BCUT2D eigenvalue weighted by atomic mass is 79.9. The zero-order valence-electron chi connectivity index (χ0n) is 11.5. The quantitative estimate of drug-likeness (QED) is 0.880. The van der Waals surface area contributed by atoms with Crippen LogP contribution in [-0.2, 0) is 10.0 Å². The fraction of sp³-hybridized carbons (Fsp3) is 0.200. The van der Waals surface area contributed by atoms with E-state index in [1.54, 1.807) is 30.3 Å². The highest BCUT2D eigenvalue weighted by Crippen LogP contribution is 2.30. The first-order chi connectivity index (χ1) is 10.6. The molecule has 0 aliphatic carbocycles. The molecule has 22 heavy (non-hydrogen) atoms. The van der Waals surface area contributed by atoms with E-state index in [-0.39, 0.29) is 17.5 Å². The normalized spacial score (nSPS) is 17.2. The molecule has 0 amide bonds. The molecule has 0 spiro atoms. The maximum absolute atomic E-state index is 12.3. The molecule has 3 rings (SSSR count). The number of hydrogen-bond acceptors (Lipinski definition) is 4. The monoisotopic (exact) mass is 383 g/mol. The molecule has 0 radical (unpaired) electrons. The van der Waals surface area contributed by atoms with Gasteiger partial charge in [-0.3, -0.25) is 0 Å².